The molecule has 16 heavy (non-hydrogen) atoms. The summed E-state index contributed by atoms with van der Waals surface area (Å²) in [6.07, 6.45) is 7.11. The summed E-state index contributed by atoms with van der Waals surface area (Å²) in [7, 11) is 0. The normalized spacial score (nSPS) is 33.5. The van der Waals surface area contributed by atoms with Crippen molar-refractivity contribution in [2.45, 2.75) is 38.6 Å². The van der Waals surface area contributed by atoms with Crippen LogP contribution < -0.4 is 5.73 Å². The monoisotopic (exact) mass is 216 g/mol. The molecule has 0 saturated heterocycles. The van der Waals surface area contributed by atoms with Gasteiger partial charge in [0.05, 0.1) is 0 Å². The molecule has 0 bridgehead atoms. The average molecular weight is 216 g/mol. The molecular formula is C14H20N2. The summed E-state index contributed by atoms with van der Waals surface area (Å²) in [6, 6.07) is 4.56. The molecule has 2 N–H and O–H groups in total. The molecule has 0 aliphatic heterocycles. The number of hydrogen-bond acceptors (Lipinski definition) is 2. The van der Waals surface area contributed by atoms with Gasteiger partial charge in [0.2, 0.25) is 0 Å². The highest BCUT2D eigenvalue weighted by Gasteiger charge is 2.47. The number of nitrogens with zero attached hydrogens (tertiary/aromatic N) is 1. The van der Waals surface area contributed by atoms with Crippen LogP contribution in [0.4, 0.5) is 0 Å². The molecule has 1 aromatic rings. The number of hydrogen-bond donors (Lipinski definition) is 1. The highest BCUT2D eigenvalue weighted by Crippen LogP contribution is 2.55. The molecule has 2 nitrogen and oxygen atoms in total. The predicted octanol–water partition coefficient (Wildman–Crippen LogP) is 2.31. The van der Waals surface area contributed by atoms with E-state index in [1.165, 1.54) is 24.8 Å². The van der Waals surface area contributed by atoms with Crippen LogP contribution in [-0.2, 0) is 6.42 Å². The van der Waals surface area contributed by atoms with E-state index >= 15 is 0 Å². The molecule has 1 aromatic heterocycles. The van der Waals surface area contributed by atoms with Crippen molar-refractivity contribution in [3.63, 3.8) is 0 Å². The van der Waals surface area contributed by atoms with E-state index in [4.69, 9.17) is 5.73 Å². The Bertz CT molecular complexity index is 361. The fourth-order valence-electron chi connectivity index (χ4n) is 3.14. The van der Waals surface area contributed by atoms with Gasteiger partial charge in [0.1, 0.15) is 0 Å². The molecule has 2 heteroatoms. The van der Waals surface area contributed by atoms with Crippen LogP contribution in [0.25, 0.3) is 0 Å². The van der Waals surface area contributed by atoms with Gasteiger partial charge in [0.25, 0.3) is 0 Å². The Kier molecular flexibility index (Phi) is 2.47. The molecular weight excluding hydrogens is 196 g/mol. The van der Waals surface area contributed by atoms with E-state index < -0.39 is 0 Å². The molecule has 0 aromatic carbocycles. The molecule has 0 amide bonds. The molecule has 3 atom stereocenters. The van der Waals surface area contributed by atoms with Crippen molar-refractivity contribution < 1.29 is 0 Å². The third-order valence-electron chi connectivity index (χ3n) is 4.30. The van der Waals surface area contributed by atoms with Crippen LogP contribution in [0.1, 0.15) is 30.5 Å². The summed E-state index contributed by atoms with van der Waals surface area (Å²) in [6.45, 7) is 2.07. The third-order valence-corrected chi connectivity index (χ3v) is 4.30. The first-order valence-corrected chi connectivity index (χ1v) is 6.39. The second-order valence-electron chi connectivity index (χ2n) is 5.68. The fourth-order valence-corrected chi connectivity index (χ4v) is 3.14. The summed E-state index contributed by atoms with van der Waals surface area (Å²) in [5.41, 5.74) is 8.67. The van der Waals surface area contributed by atoms with Gasteiger partial charge in [-0.05, 0) is 55.6 Å². The first kappa shape index (κ1) is 10.3. The third kappa shape index (κ3) is 1.99. The summed E-state index contributed by atoms with van der Waals surface area (Å²) >= 11 is 0. The van der Waals surface area contributed by atoms with Crippen molar-refractivity contribution in [1.29, 1.82) is 0 Å². The molecule has 3 unspecified atom stereocenters. The van der Waals surface area contributed by atoms with E-state index in [0.29, 0.717) is 6.04 Å². The molecule has 86 valence electrons. The lowest BCUT2D eigenvalue weighted by molar-refractivity contribution is 0.390. The van der Waals surface area contributed by atoms with Crippen molar-refractivity contribution in [2.75, 3.05) is 0 Å². The van der Waals surface area contributed by atoms with E-state index in [1.54, 1.807) is 0 Å². The summed E-state index contributed by atoms with van der Waals surface area (Å²) in [5, 5.41) is 0. The van der Waals surface area contributed by atoms with Crippen molar-refractivity contribution in [1.82, 2.24) is 4.98 Å². The van der Waals surface area contributed by atoms with E-state index in [1.807, 2.05) is 6.20 Å². The van der Waals surface area contributed by atoms with Gasteiger partial charge >= 0.3 is 0 Å². The number of rotatable bonds is 3. The number of aromatic nitrogens is 1. The Morgan fingerprint density at radius 1 is 1.31 bits per heavy atom. The first-order valence-electron chi connectivity index (χ1n) is 6.39. The van der Waals surface area contributed by atoms with Crippen molar-refractivity contribution in [3.8, 4) is 0 Å². The fraction of sp³-hybridized carbons (Fsp3) is 0.643. The van der Waals surface area contributed by atoms with E-state index in [2.05, 4.69) is 24.0 Å². The van der Waals surface area contributed by atoms with Gasteiger partial charge in [0, 0.05) is 24.4 Å². The average Bonchev–Trinajstić information content (AvgIpc) is 2.89. The van der Waals surface area contributed by atoms with Crippen molar-refractivity contribution in [2.24, 2.45) is 23.5 Å². The topological polar surface area (TPSA) is 38.9 Å². The highest BCUT2D eigenvalue weighted by atomic mass is 14.7. The van der Waals surface area contributed by atoms with E-state index in [-0.39, 0.29) is 0 Å². The lowest BCUT2D eigenvalue weighted by atomic mass is 9.92. The molecule has 1 heterocycles. The highest BCUT2D eigenvalue weighted by molar-refractivity contribution is 5.13. The van der Waals surface area contributed by atoms with Gasteiger partial charge < -0.3 is 5.73 Å². The molecule has 2 aliphatic rings. The van der Waals surface area contributed by atoms with Crippen molar-refractivity contribution in [3.05, 3.63) is 29.6 Å². The summed E-state index contributed by atoms with van der Waals surface area (Å²) in [4.78, 5) is 4.44. The van der Waals surface area contributed by atoms with Crippen LogP contribution in [0.2, 0.25) is 0 Å². The zero-order valence-corrected chi connectivity index (χ0v) is 9.89. The molecule has 3 rings (SSSR count). The van der Waals surface area contributed by atoms with Crippen molar-refractivity contribution >= 4 is 0 Å². The SMILES string of the molecule is Cc1ccc(CC(N)C2CC3CC3C2)nc1. The first-order chi connectivity index (χ1) is 7.72. The Morgan fingerprint density at radius 3 is 2.69 bits per heavy atom. The molecule has 2 fully saturated rings. The number of fused-ring (bicyclic) bond motifs is 1. The lowest BCUT2D eigenvalue weighted by Crippen LogP contribution is -2.31. The van der Waals surface area contributed by atoms with Crippen LogP contribution in [0.3, 0.4) is 0 Å². The minimum atomic E-state index is 0.322. The zero-order valence-electron chi connectivity index (χ0n) is 9.89. The maximum atomic E-state index is 6.29. The van der Waals surface area contributed by atoms with Crippen LogP contribution in [0.5, 0.6) is 0 Å². The number of nitrogens with two attached hydrogens (primary N) is 1. The number of pyridine rings is 1. The summed E-state index contributed by atoms with van der Waals surface area (Å²) < 4.78 is 0. The van der Waals surface area contributed by atoms with Crippen LogP contribution in [0.15, 0.2) is 18.3 Å². The zero-order chi connectivity index (χ0) is 11.1. The van der Waals surface area contributed by atoms with Gasteiger partial charge in [-0.15, -0.1) is 0 Å². The minimum absolute atomic E-state index is 0.322. The minimum Gasteiger partial charge on any atom is -0.327 e. The standard InChI is InChI=1S/C14H20N2/c1-9-2-3-13(16-8-9)7-14(15)12-5-10-4-11(10)6-12/h2-3,8,10-12,14H,4-7,15H2,1H3. The maximum Gasteiger partial charge on any atom is 0.0419 e. The second-order valence-corrected chi connectivity index (χ2v) is 5.68. The van der Waals surface area contributed by atoms with Crippen LogP contribution in [0, 0.1) is 24.7 Å². The van der Waals surface area contributed by atoms with Gasteiger partial charge in [0.15, 0.2) is 0 Å². The van der Waals surface area contributed by atoms with Gasteiger partial charge in [-0.1, -0.05) is 6.07 Å². The van der Waals surface area contributed by atoms with E-state index in [9.17, 15) is 0 Å². The molecule has 2 aliphatic carbocycles. The summed E-state index contributed by atoms with van der Waals surface area (Å²) in [5.74, 6) is 2.82. The van der Waals surface area contributed by atoms with Crippen LogP contribution >= 0.6 is 0 Å². The van der Waals surface area contributed by atoms with Crippen LogP contribution in [-0.4, -0.2) is 11.0 Å². The Hall–Kier alpha value is -0.890. The largest absolute Gasteiger partial charge is 0.327 e. The van der Waals surface area contributed by atoms with Gasteiger partial charge in [-0.25, -0.2) is 0 Å². The molecule has 2 saturated carbocycles. The maximum absolute atomic E-state index is 6.29. The Labute approximate surface area is 97.3 Å². The Morgan fingerprint density at radius 2 is 2.06 bits per heavy atom. The Balaban J connectivity index is 1.59. The number of aryl methyl sites for hydroxylation is 1. The predicted molar refractivity (Wildman–Crippen MR) is 65.0 cm³/mol. The van der Waals surface area contributed by atoms with Gasteiger partial charge in [-0.3, -0.25) is 4.98 Å². The molecule has 0 spiro atoms. The molecule has 0 radical (unpaired) electrons. The lowest BCUT2D eigenvalue weighted by Gasteiger charge is -2.20. The van der Waals surface area contributed by atoms with Gasteiger partial charge in [-0.2, -0.15) is 0 Å². The quantitative estimate of drug-likeness (QED) is 0.842. The van der Waals surface area contributed by atoms with E-state index in [0.717, 1.165) is 29.9 Å². The smallest absolute Gasteiger partial charge is 0.0419 e. The second kappa shape index (κ2) is 3.85.